The average Bonchev–Trinajstić information content (AvgIpc) is 2.95. The molecule has 94 valence electrons. The summed E-state index contributed by atoms with van der Waals surface area (Å²) in [5, 5.41) is 0. The molecule has 4 rings (SSSR count). The van der Waals surface area contributed by atoms with Gasteiger partial charge in [0.05, 0.1) is 23.7 Å². The zero-order chi connectivity index (χ0) is 12.7. The van der Waals surface area contributed by atoms with E-state index in [0.717, 1.165) is 0 Å². The molecule has 2 bridgehead atoms. The lowest BCUT2D eigenvalue weighted by Gasteiger charge is -2.32. The Labute approximate surface area is 102 Å². The van der Waals surface area contributed by atoms with Gasteiger partial charge < -0.3 is 9.47 Å². The fourth-order valence-corrected chi connectivity index (χ4v) is 4.46. The monoisotopic (exact) mass is 250 g/mol. The molecule has 6 heteroatoms. The Morgan fingerprint density at radius 3 is 2.39 bits per heavy atom. The van der Waals surface area contributed by atoms with E-state index in [-0.39, 0.29) is 18.3 Å². The quantitative estimate of drug-likeness (QED) is 0.437. The maximum atomic E-state index is 11.9. The van der Waals surface area contributed by atoms with Crippen LogP contribution in [0, 0.1) is 29.1 Å². The molecule has 0 aromatic carbocycles. The van der Waals surface area contributed by atoms with Crippen LogP contribution in [0.15, 0.2) is 0 Å². The highest BCUT2D eigenvalue weighted by Crippen LogP contribution is 2.66. The Balaban J connectivity index is 1.78. The summed E-state index contributed by atoms with van der Waals surface area (Å²) in [6.07, 6.45) is 1.14. The largest absolute Gasteiger partial charge is 0.393 e. The van der Waals surface area contributed by atoms with E-state index in [2.05, 4.69) is 9.47 Å². The van der Waals surface area contributed by atoms with Crippen LogP contribution in [-0.4, -0.2) is 23.9 Å². The molecular formula is C12H10O6. The van der Waals surface area contributed by atoms with Crippen molar-refractivity contribution in [2.24, 2.45) is 29.1 Å². The van der Waals surface area contributed by atoms with Gasteiger partial charge in [-0.2, -0.15) is 0 Å². The maximum absolute atomic E-state index is 11.9. The molecule has 2 heterocycles. The number of hydrogen-bond donors (Lipinski definition) is 0. The molecule has 2 aliphatic carbocycles. The number of cyclic esters (lactones) is 4. The van der Waals surface area contributed by atoms with Crippen molar-refractivity contribution in [3.05, 3.63) is 0 Å². The second kappa shape index (κ2) is 2.81. The fraction of sp³-hybridized carbons (Fsp3) is 0.667. The molecule has 0 N–H and O–H groups in total. The number of rotatable bonds is 0. The van der Waals surface area contributed by atoms with Crippen LogP contribution in [0.3, 0.4) is 0 Å². The Hall–Kier alpha value is -1.72. The van der Waals surface area contributed by atoms with Gasteiger partial charge in [-0.1, -0.05) is 0 Å². The highest BCUT2D eigenvalue weighted by atomic mass is 16.6. The highest BCUT2D eigenvalue weighted by Gasteiger charge is 2.72. The van der Waals surface area contributed by atoms with Gasteiger partial charge in [0.15, 0.2) is 0 Å². The molecule has 1 spiro atoms. The SMILES string of the molecule is O=C1C[C@@]2(CC3CC2C2C(=O)OC(=O)C32)C(=O)O1. The molecular weight excluding hydrogens is 240 g/mol. The van der Waals surface area contributed by atoms with Gasteiger partial charge in [0, 0.05) is 0 Å². The lowest BCUT2D eigenvalue weighted by atomic mass is 9.64. The fourth-order valence-electron chi connectivity index (χ4n) is 4.46. The van der Waals surface area contributed by atoms with Crippen LogP contribution < -0.4 is 0 Å². The van der Waals surface area contributed by atoms with Gasteiger partial charge in [0.25, 0.3) is 0 Å². The van der Waals surface area contributed by atoms with E-state index in [1.54, 1.807) is 0 Å². The van der Waals surface area contributed by atoms with Gasteiger partial charge in [0.1, 0.15) is 0 Å². The minimum Gasteiger partial charge on any atom is -0.393 e. The molecule has 0 aromatic heterocycles. The average molecular weight is 250 g/mol. The molecule has 0 radical (unpaired) electrons. The molecule has 2 saturated heterocycles. The first-order valence-electron chi connectivity index (χ1n) is 6.03. The summed E-state index contributed by atoms with van der Waals surface area (Å²) in [6, 6.07) is 0. The Kier molecular flexibility index (Phi) is 1.60. The van der Waals surface area contributed by atoms with Crippen LogP contribution >= 0.6 is 0 Å². The summed E-state index contributed by atoms with van der Waals surface area (Å²) in [5.74, 6) is -3.31. The van der Waals surface area contributed by atoms with Crippen molar-refractivity contribution < 1.29 is 28.7 Å². The summed E-state index contributed by atoms with van der Waals surface area (Å²) >= 11 is 0. The van der Waals surface area contributed by atoms with E-state index in [1.807, 2.05) is 0 Å². The Bertz CT molecular complexity index is 523. The van der Waals surface area contributed by atoms with Gasteiger partial charge in [0.2, 0.25) is 0 Å². The molecule has 4 fully saturated rings. The van der Waals surface area contributed by atoms with Crippen LogP contribution in [0.2, 0.25) is 0 Å². The molecule has 2 saturated carbocycles. The second-order valence-corrected chi connectivity index (χ2v) is 5.69. The predicted octanol–water partition coefficient (Wildman–Crippen LogP) is -0.198. The summed E-state index contributed by atoms with van der Waals surface area (Å²) < 4.78 is 9.31. The van der Waals surface area contributed by atoms with E-state index >= 15 is 0 Å². The van der Waals surface area contributed by atoms with E-state index in [9.17, 15) is 19.2 Å². The third-order valence-electron chi connectivity index (χ3n) is 5.04. The van der Waals surface area contributed by atoms with Crippen molar-refractivity contribution in [2.45, 2.75) is 19.3 Å². The first-order valence-corrected chi connectivity index (χ1v) is 6.03. The normalized spacial score (nSPS) is 48.9. The van der Waals surface area contributed by atoms with Gasteiger partial charge >= 0.3 is 23.9 Å². The van der Waals surface area contributed by atoms with Crippen LogP contribution in [0.5, 0.6) is 0 Å². The number of fused-ring (bicyclic) bond motifs is 6. The van der Waals surface area contributed by atoms with Crippen molar-refractivity contribution in [2.75, 3.05) is 0 Å². The number of carbonyl (C=O) groups is 4. The first kappa shape index (κ1) is 10.2. The van der Waals surface area contributed by atoms with Gasteiger partial charge in [-0.05, 0) is 24.7 Å². The van der Waals surface area contributed by atoms with E-state index in [1.165, 1.54) is 0 Å². The second-order valence-electron chi connectivity index (χ2n) is 5.69. The van der Waals surface area contributed by atoms with Crippen molar-refractivity contribution in [3.8, 4) is 0 Å². The summed E-state index contributed by atoms with van der Waals surface area (Å²) in [6.45, 7) is 0. The standard InChI is InChI=1S/C12H10O6/c13-6-3-12(11(16)17-6)2-4-1-5(12)8-7(4)9(14)18-10(8)15/h4-5,7-8H,1-3H2/t4?,5?,7?,8?,12-/m1/s1. The number of hydrogen-bond acceptors (Lipinski definition) is 6. The third kappa shape index (κ3) is 0.921. The summed E-state index contributed by atoms with van der Waals surface area (Å²) in [5.41, 5.74) is -0.868. The smallest absolute Gasteiger partial charge is 0.320 e. The van der Waals surface area contributed by atoms with Crippen LogP contribution in [0.1, 0.15) is 19.3 Å². The molecule has 0 amide bonds. The zero-order valence-corrected chi connectivity index (χ0v) is 9.38. The predicted molar refractivity (Wildman–Crippen MR) is 52.4 cm³/mol. The Morgan fingerprint density at radius 2 is 1.72 bits per heavy atom. The first-order chi connectivity index (χ1) is 8.53. The minimum absolute atomic E-state index is 0.0302. The van der Waals surface area contributed by atoms with Crippen molar-refractivity contribution in [3.63, 3.8) is 0 Å². The van der Waals surface area contributed by atoms with E-state index < -0.39 is 41.1 Å². The minimum atomic E-state index is -0.868. The summed E-state index contributed by atoms with van der Waals surface area (Å²) in [7, 11) is 0. The van der Waals surface area contributed by atoms with Gasteiger partial charge in [-0.3, -0.25) is 19.2 Å². The van der Waals surface area contributed by atoms with Crippen molar-refractivity contribution in [1.82, 2.24) is 0 Å². The molecule has 4 aliphatic rings. The maximum Gasteiger partial charge on any atom is 0.320 e. The number of esters is 4. The third-order valence-corrected chi connectivity index (χ3v) is 5.04. The van der Waals surface area contributed by atoms with Gasteiger partial charge in [-0.25, -0.2) is 0 Å². The van der Waals surface area contributed by atoms with Crippen LogP contribution in [0.4, 0.5) is 0 Å². The number of ether oxygens (including phenoxy) is 2. The lowest BCUT2D eigenvalue weighted by molar-refractivity contribution is -0.157. The van der Waals surface area contributed by atoms with Crippen molar-refractivity contribution >= 4 is 23.9 Å². The topological polar surface area (TPSA) is 86.7 Å². The molecule has 0 aromatic rings. The van der Waals surface area contributed by atoms with Crippen LogP contribution in [-0.2, 0) is 28.7 Å². The molecule has 4 unspecified atom stereocenters. The lowest BCUT2D eigenvalue weighted by Crippen LogP contribution is -2.41. The Morgan fingerprint density at radius 1 is 1.00 bits per heavy atom. The van der Waals surface area contributed by atoms with E-state index in [0.29, 0.717) is 12.8 Å². The number of carbonyl (C=O) groups excluding carboxylic acids is 4. The summed E-state index contributed by atoms with van der Waals surface area (Å²) in [4.78, 5) is 46.5. The molecule has 6 nitrogen and oxygen atoms in total. The molecule has 2 aliphatic heterocycles. The zero-order valence-electron chi connectivity index (χ0n) is 9.38. The van der Waals surface area contributed by atoms with Gasteiger partial charge in [-0.15, -0.1) is 0 Å². The molecule has 5 atom stereocenters. The van der Waals surface area contributed by atoms with E-state index in [4.69, 9.17) is 0 Å². The highest BCUT2D eigenvalue weighted by molar-refractivity contribution is 6.02. The molecule has 18 heavy (non-hydrogen) atoms. The van der Waals surface area contributed by atoms with Crippen molar-refractivity contribution in [1.29, 1.82) is 0 Å². The van der Waals surface area contributed by atoms with Crippen LogP contribution in [0.25, 0.3) is 0 Å².